The van der Waals surface area contributed by atoms with Gasteiger partial charge < -0.3 is 5.11 Å². The van der Waals surface area contributed by atoms with Crippen LogP contribution in [0.2, 0.25) is 0 Å². The molecule has 0 aliphatic rings. The molecule has 0 radical (unpaired) electrons. The van der Waals surface area contributed by atoms with Crippen LogP contribution in [0.3, 0.4) is 0 Å². The van der Waals surface area contributed by atoms with Crippen molar-refractivity contribution in [2.24, 2.45) is 0 Å². The van der Waals surface area contributed by atoms with E-state index in [1.54, 1.807) is 12.1 Å². The number of benzene rings is 1. The van der Waals surface area contributed by atoms with Gasteiger partial charge in [0, 0.05) is 0 Å². The van der Waals surface area contributed by atoms with Crippen LogP contribution in [0.15, 0.2) is 35.9 Å². The lowest BCUT2D eigenvalue weighted by Crippen LogP contribution is -1.97. The minimum atomic E-state index is -0.992. The third-order valence-corrected chi connectivity index (χ3v) is 2.18. The Labute approximate surface area is 81.5 Å². The summed E-state index contributed by atoms with van der Waals surface area (Å²) in [4.78, 5) is 10.6. The number of hydrogen-bond acceptors (Lipinski definition) is 1. The summed E-state index contributed by atoms with van der Waals surface area (Å²) in [6.07, 6.45) is 0. The quantitative estimate of drug-likeness (QED) is 0.739. The van der Waals surface area contributed by atoms with Crippen LogP contribution in [0, 0.1) is 0 Å². The van der Waals surface area contributed by atoms with Crippen LogP contribution < -0.4 is 0 Å². The van der Waals surface area contributed by atoms with Crippen LogP contribution in [0.4, 0.5) is 0 Å². The van der Waals surface area contributed by atoms with E-state index in [9.17, 15) is 4.79 Å². The number of halogens is 1. The highest BCUT2D eigenvalue weighted by molar-refractivity contribution is 6.50. The summed E-state index contributed by atoms with van der Waals surface area (Å²) in [6.45, 7) is 1.48. The van der Waals surface area contributed by atoms with Crippen molar-refractivity contribution in [3.05, 3.63) is 41.5 Å². The molecule has 68 valence electrons. The van der Waals surface area contributed by atoms with Gasteiger partial charge in [-0.05, 0) is 12.5 Å². The molecule has 0 unspecified atom stereocenters. The Morgan fingerprint density at radius 3 is 2.31 bits per heavy atom. The van der Waals surface area contributed by atoms with Gasteiger partial charge in [-0.2, -0.15) is 0 Å². The van der Waals surface area contributed by atoms with Crippen LogP contribution in [-0.4, -0.2) is 11.1 Å². The smallest absolute Gasteiger partial charge is 0.332 e. The molecule has 0 aliphatic carbocycles. The second-order valence-electron chi connectivity index (χ2n) is 2.61. The predicted molar refractivity (Wildman–Crippen MR) is 52.5 cm³/mol. The van der Waals surface area contributed by atoms with Crippen molar-refractivity contribution >= 4 is 22.6 Å². The van der Waals surface area contributed by atoms with Gasteiger partial charge >= 0.3 is 5.97 Å². The van der Waals surface area contributed by atoms with Gasteiger partial charge in [-0.3, -0.25) is 0 Å². The molecule has 1 aromatic carbocycles. The van der Waals surface area contributed by atoms with Crippen molar-refractivity contribution in [2.45, 2.75) is 6.92 Å². The molecular formula is C10H9ClO2. The third-order valence-electron chi connectivity index (χ3n) is 1.68. The van der Waals surface area contributed by atoms with E-state index >= 15 is 0 Å². The molecule has 0 amide bonds. The van der Waals surface area contributed by atoms with E-state index in [2.05, 4.69) is 0 Å². The number of aliphatic carboxylic acids is 1. The number of rotatable bonds is 2. The summed E-state index contributed by atoms with van der Waals surface area (Å²) < 4.78 is 0. The van der Waals surface area contributed by atoms with Gasteiger partial charge in [0.2, 0.25) is 0 Å². The van der Waals surface area contributed by atoms with Crippen LogP contribution in [-0.2, 0) is 4.79 Å². The third kappa shape index (κ3) is 2.33. The van der Waals surface area contributed by atoms with Crippen molar-refractivity contribution in [1.29, 1.82) is 0 Å². The first-order valence-corrected chi connectivity index (χ1v) is 4.16. The normalized spacial score (nSPS) is 12.2. The minimum Gasteiger partial charge on any atom is -0.478 e. The minimum absolute atomic E-state index is 0.160. The van der Waals surface area contributed by atoms with Crippen LogP contribution in [0.25, 0.3) is 5.03 Å². The molecule has 1 rings (SSSR count). The maximum Gasteiger partial charge on any atom is 0.332 e. The first-order valence-electron chi connectivity index (χ1n) is 3.78. The fourth-order valence-corrected chi connectivity index (χ4v) is 1.10. The largest absolute Gasteiger partial charge is 0.478 e. The Balaban J connectivity index is 3.11. The molecule has 2 nitrogen and oxygen atoms in total. The first kappa shape index (κ1) is 9.81. The van der Waals surface area contributed by atoms with E-state index in [0.717, 1.165) is 5.56 Å². The zero-order valence-corrected chi connectivity index (χ0v) is 7.88. The fraction of sp³-hybridized carbons (Fsp3) is 0.100. The highest BCUT2D eigenvalue weighted by atomic mass is 35.5. The van der Waals surface area contributed by atoms with E-state index in [1.807, 2.05) is 18.2 Å². The van der Waals surface area contributed by atoms with E-state index in [0.29, 0.717) is 0 Å². The average molecular weight is 197 g/mol. The van der Waals surface area contributed by atoms with Gasteiger partial charge in [0.25, 0.3) is 0 Å². The van der Waals surface area contributed by atoms with Crippen molar-refractivity contribution in [3.8, 4) is 0 Å². The highest BCUT2D eigenvalue weighted by Crippen LogP contribution is 2.22. The lowest BCUT2D eigenvalue weighted by molar-refractivity contribution is -0.132. The average Bonchev–Trinajstić information content (AvgIpc) is 2.17. The van der Waals surface area contributed by atoms with Gasteiger partial charge in [0.05, 0.1) is 10.6 Å². The summed E-state index contributed by atoms with van der Waals surface area (Å²) in [6, 6.07) is 9.02. The molecule has 0 aliphatic heterocycles. The van der Waals surface area contributed by atoms with Crippen LogP contribution in [0.5, 0.6) is 0 Å². The highest BCUT2D eigenvalue weighted by Gasteiger charge is 2.08. The lowest BCUT2D eigenvalue weighted by atomic mass is 10.1. The van der Waals surface area contributed by atoms with E-state index in [1.165, 1.54) is 6.92 Å². The first-order chi connectivity index (χ1) is 6.13. The maximum atomic E-state index is 10.6. The SMILES string of the molecule is C/C(C(=O)O)=C(/Cl)c1ccccc1. The Hall–Kier alpha value is -1.28. The number of carbonyl (C=O) groups is 1. The zero-order valence-electron chi connectivity index (χ0n) is 7.12. The Morgan fingerprint density at radius 2 is 1.85 bits per heavy atom. The Bertz CT molecular complexity index is 341. The second-order valence-corrected chi connectivity index (χ2v) is 2.99. The Morgan fingerprint density at radius 1 is 1.31 bits per heavy atom. The van der Waals surface area contributed by atoms with Crippen molar-refractivity contribution in [3.63, 3.8) is 0 Å². The van der Waals surface area contributed by atoms with Gasteiger partial charge in [0.1, 0.15) is 0 Å². The maximum absolute atomic E-state index is 10.6. The molecule has 0 aromatic heterocycles. The monoisotopic (exact) mass is 196 g/mol. The Kier molecular flexibility index (Phi) is 3.09. The molecule has 13 heavy (non-hydrogen) atoms. The van der Waals surface area contributed by atoms with Gasteiger partial charge in [-0.1, -0.05) is 41.9 Å². The molecule has 0 heterocycles. The summed E-state index contributed by atoms with van der Waals surface area (Å²) in [5.41, 5.74) is 0.886. The van der Waals surface area contributed by atoms with Crippen molar-refractivity contribution < 1.29 is 9.90 Å². The molecule has 1 aromatic rings. The molecule has 0 saturated carbocycles. The topological polar surface area (TPSA) is 37.3 Å². The molecular weight excluding hydrogens is 188 g/mol. The van der Waals surface area contributed by atoms with E-state index in [-0.39, 0.29) is 10.6 Å². The van der Waals surface area contributed by atoms with Crippen LogP contribution >= 0.6 is 11.6 Å². The summed E-state index contributed by atoms with van der Waals surface area (Å²) in [5, 5.41) is 8.96. The molecule has 0 atom stereocenters. The van der Waals surface area contributed by atoms with Crippen LogP contribution in [0.1, 0.15) is 12.5 Å². The van der Waals surface area contributed by atoms with E-state index < -0.39 is 5.97 Å². The van der Waals surface area contributed by atoms with Crippen molar-refractivity contribution in [1.82, 2.24) is 0 Å². The number of carboxylic acids is 1. The number of carboxylic acid groups (broad SMARTS) is 1. The zero-order chi connectivity index (χ0) is 9.84. The fourth-order valence-electron chi connectivity index (χ4n) is 0.895. The summed E-state index contributed by atoms with van der Waals surface area (Å²) in [5.74, 6) is -0.992. The summed E-state index contributed by atoms with van der Waals surface area (Å²) >= 11 is 5.85. The predicted octanol–water partition coefficient (Wildman–Crippen LogP) is 2.74. The van der Waals surface area contributed by atoms with Gasteiger partial charge in [0.15, 0.2) is 0 Å². The molecule has 0 fully saturated rings. The van der Waals surface area contributed by atoms with Gasteiger partial charge in [-0.25, -0.2) is 4.79 Å². The molecule has 0 bridgehead atoms. The number of hydrogen-bond donors (Lipinski definition) is 1. The molecule has 0 spiro atoms. The summed E-state index contributed by atoms with van der Waals surface area (Å²) in [7, 11) is 0. The van der Waals surface area contributed by atoms with Crippen molar-refractivity contribution in [2.75, 3.05) is 0 Å². The standard InChI is InChI=1S/C10H9ClO2/c1-7(10(12)13)9(11)8-5-3-2-4-6-8/h2-6H,1H3,(H,12,13)/b9-7-. The van der Waals surface area contributed by atoms with Gasteiger partial charge in [-0.15, -0.1) is 0 Å². The second kappa shape index (κ2) is 4.10. The lowest BCUT2D eigenvalue weighted by Gasteiger charge is -2.00. The van der Waals surface area contributed by atoms with E-state index in [4.69, 9.17) is 16.7 Å². The molecule has 0 saturated heterocycles. The molecule has 3 heteroatoms. The molecule has 1 N–H and O–H groups in total.